The van der Waals surface area contributed by atoms with Crippen LogP contribution >= 0.6 is 0 Å². The van der Waals surface area contributed by atoms with Crippen molar-refractivity contribution in [3.05, 3.63) is 40.6 Å². The number of halogens is 1. The monoisotopic (exact) mass is 236 g/mol. The minimum Gasteiger partial charge on any atom is -0.388 e. The van der Waals surface area contributed by atoms with Gasteiger partial charge in [-0.2, -0.15) is 4.68 Å². The zero-order valence-corrected chi connectivity index (χ0v) is 9.01. The van der Waals surface area contributed by atoms with E-state index in [1.54, 1.807) is 0 Å². The lowest BCUT2D eigenvalue weighted by Gasteiger charge is -1.93. The van der Waals surface area contributed by atoms with Crippen molar-refractivity contribution in [1.29, 1.82) is 0 Å². The fourth-order valence-electron chi connectivity index (χ4n) is 1.33. The molecule has 0 N–H and O–H groups in total. The topological polar surface area (TPSA) is 65.1 Å². The number of hydrogen-bond donors (Lipinski definition) is 0. The Morgan fingerprint density at radius 3 is 2.65 bits per heavy atom. The molecule has 0 spiro atoms. The minimum absolute atomic E-state index is 0.0660. The number of rotatable bonds is 3. The Hall–Kier alpha value is -2.24. The van der Waals surface area contributed by atoms with Gasteiger partial charge in [0.05, 0.1) is 0 Å². The van der Waals surface area contributed by atoms with E-state index in [1.807, 2.05) is 0 Å². The van der Waals surface area contributed by atoms with Gasteiger partial charge in [-0.1, -0.05) is 0 Å². The fourth-order valence-corrected chi connectivity index (χ4v) is 1.33. The average Bonchev–Trinajstić information content (AvgIpc) is 2.60. The Bertz CT molecular complexity index is 598. The van der Waals surface area contributed by atoms with E-state index in [-0.39, 0.29) is 24.0 Å². The molecular formula is C11H9FN2O3. The molecule has 0 aliphatic heterocycles. The molecule has 0 aliphatic rings. The Labute approximate surface area is 95.5 Å². The van der Waals surface area contributed by atoms with Gasteiger partial charge in [0, 0.05) is 5.56 Å². The van der Waals surface area contributed by atoms with Gasteiger partial charge in [0.2, 0.25) is 5.89 Å². The van der Waals surface area contributed by atoms with Crippen molar-refractivity contribution in [3.63, 3.8) is 0 Å². The van der Waals surface area contributed by atoms with Crippen molar-refractivity contribution in [1.82, 2.24) is 9.78 Å². The zero-order chi connectivity index (χ0) is 12.4. The van der Waals surface area contributed by atoms with Gasteiger partial charge in [0.1, 0.15) is 12.4 Å². The average molecular weight is 236 g/mol. The molecule has 0 radical (unpaired) electrons. The highest BCUT2D eigenvalue weighted by atomic mass is 19.1. The van der Waals surface area contributed by atoms with Crippen LogP contribution in [0.3, 0.4) is 0 Å². The van der Waals surface area contributed by atoms with Crippen LogP contribution in [0.15, 0.2) is 33.5 Å². The summed E-state index contributed by atoms with van der Waals surface area (Å²) in [5.41, 5.74) is 0.478. The number of Topliss-reactive ketones (excluding diaryl/α,β-unsaturated/α-hetero) is 1. The number of carbonyl (C=O) groups is 1. The van der Waals surface area contributed by atoms with Crippen molar-refractivity contribution in [2.75, 3.05) is 0 Å². The molecule has 0 unspecified atom stereocenters. The summed E-state index contributed by atoms with van der Waals surface area (Å²) in [5, 5.41) is 3.84. The number of benzene rings is 1. The van der Waals surface area contributed by atoms with Crippen LogP contribution in [0.1, 0.15) is 6.92 Å². The highest BCUT2D eigenvalue weighted by Gasteiger charge is 2.11. The lowest BCUT2D eigenvalue weighted by Crippen LogP contribution is -2.19. The SMILES string of the molecule is CC(=O)Cn1nc(-c2ccc(F)cc2)oc1=O. The van der Waals surface area contributed by atoms with Crippen LogP contribution in [0.4, 0.5) is 4.39 Å². The van der Waals surface area contributed by atoms with E-state index in [0.717, 1.165) is 4.68 Å². The second-order valence-electron chi connectivity index (χ2n) is 3.54. The first kappa shape index (κ1) is 11.3. The molecule has 5 nitrogen and oxygen atoms in total. The van der Waals surface area contributed by atoms with Crippen LogP contribution in [-0.4, -0.2) is 15.6 Å². The molecular weight excluding hydrogens is 227 g/mol. The molecule has 0 amide bonds. The Morgan fingerprint density at radius 2 is 2.06 bits per heavy atom. The quantitative estimate of drug-likeness (QED) is 0.804. The van der Waals surface area contributed by atoms with Crippen molar-refractivity contribution in [2.45, 2.75) is 13.5 Å². The molecule has 6 heteroatoms. The van der Waals surface area contributed by atoms with Gasteiger partial charge in [-0.3, -0.25) is 4.79 Å². The lowest BCUT2D eigenvalue weighted by molar-refractivity contribution is -0.117. The standard InChI is InChI=1S/C11H9FN2O3/c1-7(15)6-14-11(16)17-10(13-14)8-2-4-9(12)5-3-8/h2-5H,6H2,1H3. The minimum atomic E-state index is -0.709. The molecule has 0 atom stereocenters. The van der Waals surface area contributed by atoms with Crippen LogP contribution in [0.5, 0.6) is 0 Å². The van der Waals surface area contributed by atoms with E-state index < -0.39 is 5.76 Å². The highest BCUT2D eigenvalue weighted by molar-refractivity contribution is 5.75. The van der Waals surface area contributed by atoms with Gasteiger partial charge in [0.25, 0.3) is 0 Å². The number of aromatic nitrogens is 2. The molecule has 0 saturated carbocycles. The molecule has 0 saturated heterocycles. The Balaban J connectivity index is 2.37. The van der Waals surface area contributed by atoms with Crippen LogP contribution in [-0.2, 0) is 11.3 Å². The fraction of sp³-hybridized carbons (Fsp3) is 0.182. The third-order valence-electron chi connectivity index (χ3n) is 2.07. The van der Waals surface area contributed by atoms with Gasteiger partial charge in [-0.05, 0) is 31.2 Å². The first-order chi connectivity index (χ1) is 8.06. The van der Waals surface area contributed by atoms with E-state index in [2.05, 4.69) is 5.10 Å². The summed E-state index contributed by atoms with van der Waals surface area (Å²) in [5.74, 6) is -1.24. The molecule has 1 aromatic heterocycles. The second-order valence-corrected chi connectivity index (χ2v) is 3.54. The molecule has 2 rings (SSSR count). The lowest BCUT2D eigenvalue weighted by atomic mass is 10.2. The third kappa shape index (κ3) is 2.47. The van der Waals surface area contributed by atoms with Crippen molar-refractivity contribution in [2.24, 2.45) is 0 Å². The number of ketones is 1. The smallest absolute Gasteiger partial charge is 0.388 e. The number of hydrogen-bond acceptors (Lipinski definition) is 4. The largest absolute Gasteiger partial charge is 0.437 e. The Morgan fingerprint density at radius 1 is 1.41 bits per heavy atom. The van der Waals surface area contributed by atoms with Crippen LogP contribution in [0.2, 0.25) is 0 Å². The maximum atomic E-state index is 12.7. The zero-order valence-electron chi connectivity index (χ0n) is 9.01. The molecule has 17 heavy (non-hydrogen) atoms. The van der Waals surface area contributed by atoms with Crippen LogP contribution in [0, 0.1) is 5.82 Å². The van der Waals surface area contributed by atoms with Gasteiger partial charge in [-0.15, -0.1) is 5.10 Å². The molecule has 1 aromatic carbocycles. The molecule has 2 aromatic rings. The first-order valence-corrected chi connectivity index (χ1v) is 4.89. The summed E-state index contributed by atoms with van der Waals surface area (Å²) in [6.07, 6.45) is 0. The first-order valence-electron chi connectivity index (χ1n) is 4.89. The number of nitrogens with zero attached hydrogens (tertiary/aromatic N) is 2. The van der Waals surface area contributed by atoms with Crippen molar-refractivity contribution in [3.8, 4) is 11.5 Å². The number of carbonyl (C=O) groups excluding carboxylic acids is 1. The van der Waals surface area contributed by atoms with Gasteiger partial charge >= 0.3 is 5.76 Å². The molecule has 0 aliphatic carbocycles. The second kappa shape index (κ2) is 4.32. The van der Waals surface area contributed by atoms with E-state index in [4.69, 9.17) is 4.42 Å². The van der Waals surface area contributed by atoms with Crippen LogP contribution in [0.25, 0.3) is 11.5 Å². The molecule has 0 fully saturated rings. The van der Waals surface area contributed by atoms with Gasteiger partial charge in [-0.25, -0.2) is 9.18 Å². The predicted octanol–water partition coefficient (Wildman–Crippen LogP) is 1.23. The summed E-state index contributed by atoms with van der Waals surface area (Å²) in [6.45, 7) is 1.21. The summed E-state index contributed by atoms with van der Waals surface area (Å²) in [4.78, 5) is 22.2. The summed E-state index contributed by atoms with van der Waals surface area (Å²) >= 11 is 0. The maximum absolute atomic E-state index is 12.7. The van der Waals surface area contributed by atoms with Gasteiger partial charge < -0.3 is 4.42 Å². The molecule has 88 valence electrons. The molecule has 1 heterocycles. The summed E-state index contributed by atoms with van der Waals surface area (Å²) < 4.78 is 18.5. The van der Waals surface area contributed by atoms with Crippen molar-refractivity contribution < 1.29 is 13.6 Å². The van der Waals surface area contributed by atoms with Gasteiger partial charge in [0.15, 0.2) is 5.78 Å². The highest BCUT2D eigenvalue weighted by Crippen LogP contribution is 2.15. The van der Waals surface area contributed by atoms with E-state index >= 15 is 0 Å². The summed E-state index contributed by atoms with van der Waals surface area (Å²) in [7, 11) is 0. The third-order valence-corrected chi connectivity index (χ3v) is 2.07. The maximum Gasteiger partial charge on any atom is 0.437 e. The molecule has 0 bridgehead atoms. The van der Waals surface area contributed by atoms with Crippen LogP contribution < -0.4 is 5.76 Å². The van der Waals surface area contributed by atoms with E-state index in [0.29, 0.717) is 5.56 Å². The van der Waals surface area contributed by atoms with Crippen molar-refractivity contribution >= 4 is 5.78 Å². The predicted molar refractivity (Wildman–Crippen MR) is 56.8 cm³/mol. The van der Waals surface area contributed by atoms with E-state index in [1.165, 1.54) is 31.2 Å². The normalized spacial score (nSPS) is 10.5. The summed E-state index contributed by atoms with van der Waals surface area (Å²) in [6, 6.07) is 5.36. The Kier molecular flexibility index (Phi) is 2.86. The van der Waals surface area contributed by atoms with E-state index in [9.17, 15) is 14.0 Å².